The summed E-state index contributed by atoms with van der Waals surface area (Å²) in [4.78, 5) is 10.3. The summed E-state index contributed by atoms with van der Waals surface area (Å²) in [6, 6.07) is 19.9. The van der Waals surface area contributed by atoms with Crippen molar-refractivity contribution in [3.63, 3.8) is 0 Å². The van der Waals surface area contributed by atoms with Crippen molar-refractivity contribution in [2.45, 2.75) is 12.2 Å². The monoisotopic (exact) mass is 537 g/mol. The van der Waals surface area contributed by atoms with Gasteiger partial charge < -0.3 is 38.8 Å². The fourth-order valence-corrected chi connectivity index (χ4v) is 3.39. The Morgan fingerprint density at radius 3 is 1.47 bits per heavy atom. The Labute approximate surface area is 224 Å². The van der Waals surface area contributed by atoms with Crippen LogP contribution in [0, 0.1) is 0 Å². The Morgan fingerprint density at radius 2 is 1.05 bits per heavy atom. The van der Waals surface area contributed by atoms with Crippen LogP contribution in [-0.4, -0.2) is 103 Å². The van der Waals surface area contributed by atoms with Crippen LogP contribution in [0.15, 0.2) is 60.7 Å². The first-order valence-corrected chi connectivity index (χ1v) is 12.8. The minimum atomic E-state index is -1.14. The number of ether oxygens (including phenoxy) is 6. The van der Waals surface area contributed by atoms with E-state index in [9.17, 15) is 9.18 Å². The highest BCUT2D eigenvalue weighted by Crippen LogP contribution is 2.21. The average Bonchev–Trinajstić information content (AvgIpc) is 2.93. The lowest BCUT2D eigenvalue weighted by molar-refractivity contribution is -0.142. The normalized spacial score (nSPS) is 12.2. The van der Waals surface area contributed by atoms with Crippen LogP contribution in [-0.2, 0) is 33.2 Å². The van der Waals surface area contributed by atoms with Gasteiger partial charge in [0.15, 0.2) is 0 Å². The molecular formula is C28H40FNO8. The van der Waals surface area contributed by atoms with Gasteiger partial charge in [-0.25, -0.2) is 9.18 Å². The first-order chi connectivity index (χ1) is 18.7. The fraction of sp³-hybridized carbons (Fsp3) is 0.536. The standard InChI is InChI=1S/C28H40FNO8/c29-26(21-30-28(24-7-3-1-4-8-24)25-9-5-2-6-10-25)22-37-19-17-35-15-13-33-11-12-34-14-16-36-18-20-38-23-27(31)32/h1-10,26,28,30H,11-23H2,(H,31,32). The summed E-state index contributed by atoms with van der Waals surface area (Å²) in [6.45, 7) is 3.61. The summed E-state index contributed by atoms with van der Waals surface area (Å²) in [5.41, 5.74) is 2.17. The van der Waals surface area contributed by atoms with Gasteiger partial charge in [0.25, 0.3) is 0 Å². The molecule has 1 atom stereocenters. The third kappa shape index (κ3) is 15.7. The van der Waals surface area contributed by atoms with Crippen molar-refractivity contribution in [2.24, 2.45) is 0 Å². The highest BCUT2D eigenvalue weighted by molar-refractivity contribution is 5.67. The Bertz CT molecular complexity index is 791. The molecule has 0 aliphatic heterocycles. The lowest BCUT2D eigenvalue weighted by atomic mass is 9.98. The Hall–Kier alpha value is -2.44. The summed E-state index contributed by atoms with van der Waals surface area (Å²) < 4.78 is 46.1. The second kappa shape index (κ2) is 21.5. The zero-order valence-corrected chi connectivity index (χ0v) is 21.8. The van der Waals surface area contributed by atoms with Gasteiger partial charge in [-0.05, 0) is 11.1 Å². The Balaban J connectivity index is 1.39. The number of rotatable bonds is 24. The van der Waals surface area contributed by atoms with Crippen LogP contribution in [0.25, 0.3) is 0 Å². The number of carboxylic acids is 1. The van der Waals surface area contributed by atoms with E-state index in [1.807, 2.05) is 60.7 Å². The van der Waals surface area contributed by atoms with E-state index in [0.29, 0.717) is 59.5 Å². The molecule has 2 aromatic rings. The molecule has 0 aromatic heterocycles. The van der Waals surface area contributed by atoms with E-state index < -0.39 is 12.1 Å². The SMILES string of the molecule is O=C(O)COCCOCCOCCOCCOCCOCC(F)CNC(c1ccccc1)c1ccccc1. The molecule has 2 N–H and O–H groups in total. The van der Waals surface area contributed by atoms with E-state index in [4.69, 9.17) is 33.5 Å². The minimum Gasteiger partial charge on any atom is -0.480 e. The van der Waals surface area contributed by atoms with Crippen LogP contribution in [0.4, 0.5) is 4.39 Å². The summed E-state index contributed by atoms with van der Waals surface area (Å²) in [6.07, 6.45) is -1.14. The van der Waals surface area contributed by atoms with E-state index in [0.717, 1.165) is 11.1 Å². The van der Waals surface area contributed by atoms with Crippen LogP contribution < -0.4 is 5.32 Å². The molecule has 2 aromatic carbocycles. The first-order valence-electron chi connectivity index (χ1n) is 12.8. The van der Waals surface area contributed by atoms with Gasteiger partial charge >= 0.3 is 5.97 Å². The lowest BCUT2D eigenvalue weighted by Crippen LogP contribution is -2.31. The molecule has 0 bridgehead atoms. The van der Waals surface area contributed by atoms with Gasteiger partial charge in [-0.15, -0.1) is 0 Å². The predicted octanol–water partition coefficient (Wildman–Crippen LogP) is 2.89. The van der Waals surface area contributed by atoms with Crippen molar-refractivity contribution in [2.75, 3.05) is 85.8 Å². The highest BCUT2D eigenvalue weighted by Gasteiger charge is 2.16. The van der Waals surface area contributed by atoms with Gasteiger partial charge in [-0.3, -0.25) is 0 Å². The fourth-order valence-electron chi connectivity index (χ4n) is 3.39. The van der Waals surface area contributed by atoms with Crippen molar-refractivity contribution < 1.29 is 42.7 Å². The van der Waals surface area contributed by atoms with Crippen LogP contribution in [0.2, 0.25) is 0 Å². The molecule has 0 heterocycles. The molecule has 0 fully saturated rings. The Kier molecular flexibility index (Phi) is 18.0. The quantitative estimate of drug-likeness (QED) is 0.196. The van der Waals surface area contributed by atoms with Gasteiger partial charge in [-0.2, -0.15) is 0 Å². The molecule has 0 saturated heterocycles. The smallest absolute Gasteiger partial charge is 0.329 e. The van der Waals surface area contributed by atoms with Crippen LogP contribution in [0.3, 0.4) is 0 Å². The van der Waals surface area contributed by atoms with E-state index >= 15 is 0 Å². The predicted molar refractivity (Wildman–Crippen MR) is 140 cm³/mol. The second-order valence-corrected chi connectivity index (χ2v) is 8.23. The third-order valence-corrected chi connectivity index (χ3v) is 5.19. The van der Waals surface area contributed by atoms with Gasteiger partial charge in [0, 0.05) is 6.54 Å². The molecule has 0 amide bonds. The van der Waals surface area contributed by atoms with E-state index in [2.05, 4.69) is 5.32 Å². The maximum atomic E-state index is 14.4. The van der Waals surface area contributed by atoms with Crippen molar-refractivity contribution in [1.82, 2.24) is 5.32 Å². The van der Waals surface area contributed by atoms with Crippen LogP contribution in [0.5, 0.6) is 0 Å². The maximum absolute atomic E-state index is 14.4. The number of hydrogen-bond acceptors (Lipinski definition) is 8. The van der Waals surface area contributed by atoms with E-state index in [1.54, 1.807) is 0 Å². The summed E-state index contributed by atoms with van der Waals surface area (Å²) in [7, 11) is 0. The van der Waals surface area contributed by atoms with Crippen molar-refractivity contribution in [3.8, 4) is 0 Å². The molecule has 212 valence electrons. The molecule has 0 aliphatic rings. The number of hydrogen-bond donors (Lipinski definition) is 2. The molecule has 0 radical (unpaired) electrons. The lowest BCUT2D eigenvalue weighted by Gasteiger charge is -2.21. The highest BCUT2D eigenvalue weighted by atomic mass is 19.1. The molecule has 1 unspecified atom stereocenters. The van der Waals surface area contributed by atoms with Crippen LogP contribution >= 0.6 is 0 Å². The zero-order valence-electron chi connectivity index (χ0n) is 21.8. The molecule has 0 spiro atoms. The molecule has 0 aliphatic carbocycles. The van der Waals surface area contributed by atoms with Crippen molar-refractivity contribution in [1.29, 1.82) is 0 Å². The minimum absolute atomic E-state index is 0.000425. The molecule has 0 saturated carbocycles. The number of nitrogens with one attached hydrogen (secondary N) is 1. The summed E-state index contributed by atoms with van der Waals surface area (Å²) in [5.74, 6) is -1.00. The maximum Gasteiger partial charge on any atom is 0.329 e. The summed E-state index contributed by atoms with van der Waals surface area (Å²) in [5, 5.41) is 11.7. The van der Waals surface area contributed by atoms with E-state index in [1.165, 1.54) is 0 Å². The largest absolute Gasteiger partial charge is 0.480 e. The van der Waals surface area contributed by atoms with Gasteiger partial charge in [0.1, 0.15) is 12.8 Å². The molecule has 2 rings (SSSR count). The molecule has 10 heteroatoms. The topological polar surface area (TPSA) is 105 Å². The molecule has 38 heavy (non-hydrogen) atoms. The zero-order chi connectivity index (χ0) is 27.1. The second-order valence-electron chi connectivity index (χ2n) is 8.23. The Morgan fingerprint density at radius 1 is 0.658 bits per heavy atom. The first kappa shape index (κ1) is 31.8. The number of carboxylic acid groups (broad SMARTS) is 1. The number of halogens is 1. The number of carbonyl (C=O) groups is 1. The molecular weight excluding hydrogens is 497 g/mol. The summed E-state index contributed by atoms with van der Waals surface area (Å²) >= 11 is 0. The van der Waals surface area contributed by atoms with Crippen LogP contribution in [0.1, 0.15) is 17.2 Å². The third-order valence-electron chi connectivity index (χ3n) is 5.19. The van der Waals surface area contributed by atoms with Crippen molar-refractivity contribution in [3.05, 3.63) is 71.8 Å². The van der Waals surface area contributed by atoms with E-state index in [-0.39, 0.29) is 32.4 Å². The van der Waals surface area contributed by atoms with Gasteiger partial charge in [0.2, 0.25) is 0 Å². The number of aliphatic carboxylic acids is 1. The van der Waals surface area contributed by atoms with Crippen molar-refractivity contribution >= 4 is 5.97 Å². The average molecular weight is 538 g/mol. The van der Waals surface area contributed by atoms with Gasteiger partial charge in [0.05, 0.1) is 78.7 Å². The molecule has 9 nitrogen and oxygen atoms in total. The van der Waals surface area contributed by atoms with Gasteiger partial charge in [-0.1, -0.05) is 60.7 Å². The number of alkyl halides is 1. The number of benzene rings is 2.